The van der Waals surface area contributed by atoms with Crippen molar-refractivity contribution in [3.63, 3.8) is 0 Å². The third-order valence-corrected chi connectivity index (χ3v) is 7.26. The summed E-state index contributed by atoms with van der Waals surface area (Å²) in [4.78, 5) is 6.98. The highest BCUT2D eigenvalue weighted by molar-refractivity contribution is 7.80. The zero-order valence-electron chi connectivity index (χ0n) is 18.5. The van der Waals surface area contributed by atoms with Crippen molar-refractivity contribution in [2.75, 3.05) is 4.90 Å². The molecule has 160 valence electrons. The predicted octanol–water partition coefficient (Wildman–Crippen LogP) is 6.10. The molecule has 2 aliphatic rings. The lowest BCUT2D eigenvalue weighted by Gasteiger charge is -2.28. The number of anilines is 1. The molecule has 1 aromatic carbocycles. The lowest BCUT2D eigenvalue weighted by atomic mass is 9.96. The van der Waals surface area contributed by atoms with Crippen LogP contribution in [0.15, 0.2) is 54.7 Å². The Morgan fingerprint density at radius 2 is 1.74 bits per heavy atom. The first kappa shape index (κ1) is 20.3. The maximum Gasteiger partial charge on any atom is 0.174 e. The van der Waals surface area contributed by atoms with Crippen LogP contribution in [0.4, 0.5) is 5.69 Å². The van der Waals surface area contributed by atoms with Crippen LogP contribution >= 0.6 is 12.2 Å². The molecule has 0 unspecified atom stereocenters. The molecule has 3 heterocycles. The lowest BCUT2D eigenvalue weighted by Crippen LogP contribution is -2.29. The monoisotopic (exact) mass is 430 g/mol. The van der Waals surface area contributed by atoms with E-state index in [2.05, 4.69) is 78.0 Å². The second-order valence-corrected chi connectivity index (χ2v) is 9.35. The molecule has 2 aromatic heterocycles. The maximum absolute atomic E-state index is 5.88. The molecule has 1 saturated heterocycles. The molecule has 1 N–H and O–H groups in total. The average Bonchev–Trinajstić information content (AvgIpc) is 3.47. The summed E-state index contributed by atoms with van der Waals surface area (Å²) in [5.74, 6) is 0. The van der Waals surface area contributed by atoms with E-state index in [0.717, 1.165) is 16.5 Å². The first-order chi connectivity index (χ1) is 15.0. The van der Waals surface area contributed by atoms with Gasteiger partial charge in [0, 0.05) is 29.3 Å². The standard InChI is InChI=1S/C26H30N4S/c1-17-11-13-21(14-12-17)30-25(24(28-26(30)31)23-10-6-7-15-27-23)22-16-18(2)29(19(22)3)20-8-4-5-9-20/h6-7,10-16,20,24-25H,4-5,8-9H2,1-3H3,(H,28,31)/t24-,25+/m1/s1. The Hall–Kier alpha value is -2.66. The number of aryl methyl sites for hydroxylation is 2. The number of rotatable bonds is 4. The summed E-state index contributed by atoms with van der Waals surface area (Å²) in [6.45, 7) is 6.65. The number of nitrogens with one attached hydrogen (secondary N) is 1. The highest BCUT2D eigenvalue weighted by Gasteiger charge is 2.42. The normalized spacial score (nSPS) is 21.6. The van der Waals surface area contributed by atoms with Crippen LogP contribution in [-0.4, -0.2) is 14.7 Å². The van der Waals surface area contributed by atoms with Gasteiger partial charge in [-0.2, -0.15) is 0 Å². The van der Waals surface area contributed by atoms with E-state index in [9.17, 15) is 0 Å². The summed E-state index contributed by atoms with van der Waals surface area (Å²) in [5.41, 5.74) is 7.44. The van der Waals surface area contributed by atoms with Crippen LogP contribution in [0.3, 0.4) is 0 Å². The Bertz CT molecular complexity index is 1080. The topological polar surface area (TPSA) is 33.1 Å². The molecule has 5 rings (SSSR count). The van der Waals surface area contributed by atoms with Gasteiger partial charge in [0.2, 0.25) is 0 Å². The second-order valence-electron chi connectivity index (χ2n) is 8.97. The van der Waals surface area contributed by atoms with Gasteiger partial charge in [-0.05, 0) is 81.7 Å². The number of hydrogen-bond donors (Lipinski definition) is 1. The third kappa shape index (κ3) is 3.55. The fourth-order valence-electron chi connectivity index (χ4n) is 5.48. The van der Waals surface area contributed by atoms with Gasteiger partial charge in [0.15, 0.2) is 5.11 Å². The van der Waals surface area contributed by atoms with Crippen molar-refractivity contribution in [2.45, 2.75) is 64.6 Å². The van der Waals surface area contributed by atoms with Crippen LogP contribution in [0.25, 0.3) is 0 Å². The molecule has 4 nitrogen and oxygen atoms in total. The van der Waals surface area contributed by atoms with Gasteiger partial charge < -0.3 is 14.8 Å². The summed E-state index contributed by atoms with van der Waals surface area (Å²) >= 11 is 5.88. The van der Waals surface area contributed by atoms with Crippen molar-refractivity contribution >= 4 is 23.0 Å². The second kappa shape index (κ2) is 8.12. The molecule has 5 heteroatoms. The fourth-order valence-corrected chi connectivity index (χ4v) is 5.83. The zero-order chi connectivity index (χ0) is 21.5. The van der Waals surface area contributed by atoms with Crippen molar-refractivity contribution < 1.29 is 0 Å². The number of nitrogens with zero attached hydrogens (tertiary/aromatic N) is 3. The molecule has 0 amide bonds. The minimum Gasteiger partial charge on any atom is -0.351 e. The maximum atomic E-state index is 5.88. The van der Waals surface area contributed by atoms with Crippen LogP contribution in [0.1, 0.15) is 72.0 Å². The van der Waals surface area contributed by atoms with Gasteiger partial charge in [-0.3, -0.25) is 4.98 Å². The molecule has 1 aliphatic heterocycles. The Morgan fingerprint density at radius 1 is 1.00 bits per heavy atom. The fraction of sp³-hybridized carbons (Fsp3) is 0.385. The van der Waals surface area contributed by atoms with Gasteiger partial charge in [0.25, 0.3) is 0 Å². The van der Waals surface area contributed by atoms with E-state index in [4.69, 9.17) is 17.2 Å². The molecule has 3 aromatic rings. The van der Waals surface area contributed by atoms with Crippen molar-refractivity contribution in [3.8, 4) is 0 Å². The molecule has 31 heavy (non-hydrogen) atoms. The van der Waals surface area contributed by atoms with E-state index >= 15 is 0 Å². The van der Waals surface area contributed by atoms with Gasteiger partial charge in [-0.1, -0.05) is 36.6 Å². The Labute approximate surface area is 190 Å². The van der Waals surface area contributed by atoms with E-state index in [1.807, 2.05) is 12.3 Å². The lowest BCUT2D eigenvalue weighted by molar-refractivity contribution is 0.494. The van der Waals surface area contributed by atoms with E-state index in [1.54, 1.807) is 0 Å². The molecule has 2 atom stereocenters. The highest BCUT2D eigenvalue weighted by atomic mass is 32.1. The quantitative estimate of drug-likeness (QED) is 0.507. The number of hydrogen-bond acceptors (Lipinski definition) is 2. The van der Waals surface area contributed by atoms with Gasteiger partial charge in [0.1, 0.15) is 0 Å². The van der Waals surface area contributed by atoms with Crippen molar-refractivity contribution in [2.24, 2.45) is 0 Å². The van der Waals surface area contributed by atoms with E-state index < -0.39 is 0 Å². The smallest absolute Gasteiger partial charge is 0.174 e. The van der Waals surface area contributed by atoms with Gasteiger partial charge in [-0.25, -0.2) is 0 Å². The third-order valence-electron chi connectivity index (χ3n) is 6.94. The number of benzene rings is 1. The Balaban J connectivity index is 1.64. The van der Waals surface area contributed by atoms with E-state index in [-0.39, 0.29) is 12.1 Å². The van der Waals surface area contributed by atoms with E-state index in [1.165, 1.54) is 48.2 Å². The minimum atomic E-state index is 0.00697. The molecular formula is C26H30N4S. The van der Waals surface area contributed by atoms with Gasteiger partial charge >= 0.3 is 0 Å². The summed E-state index contributed by atoms with van der Waals surface area (Å²) in [6, 6.07) is 17.9. The highest BCUT2D eigenvalue weighted by Crippen LogP contribution is 2.44. The molecule has 0 bridgehead atoms. The predicted molar refractivity (Wildman–Crippen MR) is 131 cm³/mol. The SMILES string of the molecule is Cc1ccc(N2C(=S)N[C@H](c3ccccn3)[C@@H]2c2cc(C)n(C3CCCC3)c2C)cc1. The van der Waals surface area contributed by atoms with Crippen LogP contribution in [0.2, 0.25) is 0 Å². The van der Waals surface area contributed by atoms with Crippen LogP contribution in [-0.2, 0) is 0 Å². The molecule has 2 fully saturated rings. The van der Waals surface area contributed by atoms with Crippen molar-refractivity contribution in [1.29, 1.82) is 0 Å². The molecular weight excluding hydrogens is 400 g/mol. The molecule has 1 saturated carbocycles. The Morgan fingerprint density at radius 3 is 2.42 bits per heavy atom. The molecule has 0 spiro atoms. The van der Waals surface area contributed by atoms with Crippen molar-refractivity contribution in [1.82, 2.24) is 14.9 Å². The summed E-state index contributed by atoms with van der Waals surface area (Å²) in [5, 5.41) is 4.35. The number of pyridine rings is 1. The minimum absolute atomic E-state index is 0.00697. The molecule has 1 aliphatic carbocycles. The summed E-state index contributed by atoms with van der Waals surface area (Å²) < 4.78 is 2.58. The van der Waals surface area contributed by atoms with E-state index in [0.29, 0.717) is 6.04 Å². The van der Waals surface area contributed by atoms with Crippen LogP contribution in [0.5, 0.6) is 0 Å². The van der Waals surface area contributed by atoms with Crippen LogP contribution < -0.4 is 10.2 Å². The zero-order valence-corrected chi connectivity index (χ0v) is 19.3. The Kier molecular flexibility index (Phi) is 5.30. The largest absolute Gasteiger partial charge is 0.351 e. The first-order valence-electron chi connectivity index (χ1n) is 11.3. The molecule has 0 radical (unpaired) electrons. The van der Waals surface area contributed by atoms with Crippen molar-refractivity contribution in [3.05, 3.63) is 82.9 Å². The average molecular weight is 431 g/mol. The van der Waals surface area contributed by atoms with Gasteiger partial charge in [0.05, 0.1) is 17.8 Å². The first-order valence-corrected chi connectivity index (χ1v) is 11.7. The summed E-state index contributed by atoms with van der Waals surface area (Å²) in [6.07, 6.45) is 7.09. The number of aromatic nitrogens is 2. The van der Waals surface area contributed by atoms with Crippen LogP contribution in [0, 0.1) is 20.8 Å². The summed E-state index contributed by atoms with van der Waals surface area (Å²) in [7, 11) is 0. The van der Waals surface area contributed by atoms with Gasteiger partial charge in [-0.15, -0.1) is 0 Å². The number of thiocarbonyl (C=S) groups is 1.